The third-order valence-electron chi connectivity index (χ3n) is 3.82. The van der Waals surface area contributed by atoms with Gasteiger partial charge in [0.1, 0.15) is 0 Å². The number of nitrogens with zero attached hydrogens (tertiary/aromatic N) is 3. The highest BCUT2D eigenvalue weighted by Gasteiger charge is 2.24. The van der Waals surface area contributed by atoms with E-state index >= 15 is 0 Å². The highest BCUT2D eigenvalue weighted by molar-refractivity contribution is 5.15. The average molecular weight is 232 g/mol. The molecule has 1 aromatic rings. The molecule has 2 unspecified atom stereocenters. The van der Waals surface area contributed by atoms with Gasteiger partial charge in [-0.2, -0.15) is 10.4 Å². The Bertz CT molecular complexity index is 416. The number of nitriles is 1. The summed E-state index contributed by atoms with van der Waals surface area (Å²) in [7, 11) is 1.96. The summed E-state index contributed by atoms with van der Waals surface area (Å²) >= 11 is 0. The summed E-state index contributed by atoms with van der Waals surface area (Å²) < 4.78 is 1.89. The molecule has 2 atom stereocenters. The zero-order chi connectivity index (χ0) is 12.3. The Balaban J connectivity index is 1.93. The predicted octanol–water partition coefficient (Wildman–Crippen LogP) is 1.90. The maximum absolute atomic E-state index is 9.11. The molecule has 1 N–H and O–H groups in total. The molecule has 1 aromatic heterocycles. The molecule has 0 amide bonds. The molecule has 1 aliphatic carbocycles. The van der Waals surface area contributed by atoms with E-state index in [1.165, 1.54) is 24.1 Å². The van der Waals surface area contributed by atoms with Crippen molar-refractivity contribution in [3.8, 4) is 6.07 Å². The van der Waals surface area contributed by atoms with Gasteiger partial charge in [0.05, 0.1) is 18.2 Å². The third-order valence-corrected chi connectivity index (χ3v) is 3.82. The van der Waals surface area contributed by atoms with Gasteiger partial charge in [-0.05, 0) is 19.8 Å². The van der Waals surface area contributed by atoms with Gasteiger partial charge in [-0.25, -0.2) is 0 Å². The fraction of sp³-hybridized carbons (Fsp3) is 0.692. The molecule has 1 aliphatic rings. The van der Waals surface area contributed by atoms with E-state index in [2.05, 4.69) is 23.4 Å². The smallest absolute Gasteiger partial charge is 0.0672 e. The van der Waals surface area contributed by atoms with Gasteiger partial charge in [0.15, 0.2) is 0 Å². The number of aryl methyl sites for hydroxylation is 1. The fourth-order valence-electron chi connectivity index (χ4n) is 2.49. The van der Waals surface area contributed by atoms with Crippen LogP contribution in [-0.4, -0.2) is 15.8 Å². The summed E-state index contributed by atoms with van der Waals surface area (Å²) in [5.74, 6) is 0.181. The molecule has 4 nitrogen and oxygen atoms in total. The number of hydrogen-bond donors (Lipinski definition) is 1. The molecule has 1 heterocycles. The topological polar surface area (TPSA) is 53.6 Å². The van der Waals surface area contributed by atoms with Crippen LogP contribution in [-0.2, 0) is 13.6 Å². The van der Waals surface area contributed by atoms with Gasteiger partial charge >= 0.3 is 0 Å². The lowest BCUT2D eigenvalue weighted by Gasteiger charge is -2.27. The van der Waals surface area contributed by atoms with Crippen molar-refractivity contribution in [2.24, 2.45) is 13.0 Å². The Morgan fingerprint density at radius 2 is 2.29 bits per heavy atom. The lowest BCUT2D eigenvalue weighted by Crippen LogP contribution is -2.37. The largest absolute Gasteiger partial charge is 0.308 e. The average Bonchev–Trinajstić information content (AvgIpc) is 2.68. The first-order valence-electron chi connectivity index (χ1n) is 6.33. The number of nitrogens with one attached hydrogen (secondary N) is 1. The Hall–Kier alpha value is -1.34. The van der Waals surface area contributed by atoms with Crippen LogP contribution in [0.25, 0.3) is 0 Å². The number of aromatic nitrogens is 2. The summed E-state index contributed by atoms with van der Waals surface area (Å²) in [5, 5.41) is 16.9. The van der Waals surface area contributed by atoms with Crippen LogP contribution in [0, 0.1) is 24.2 Å². The first-order valence-corrected chi connectivity index (χ1v) is 6.33. The minimum absolute atomic E-state index is 0.181. The van der Waals surface area contributed by atoms with Crippen LogP contribution < -0.4 is 5.32 Å². The van der Waals surface area contributed by atoms with Crippen LogP contribution in [0.1, 0.15) is 36.9 Å². The van der Waals surface area contributed by atoms with Crippen molar-refractivity contribution < 1.29 is 0 Å². The lowest BCUT2D eigenvalue weighted by atomic mass is 9.85. The van der Waals surface area contributed by atoms with Gasteiger partial charge in [0, 0.05) is 30.9 Å². The normalized spacial score (nSPS) is 24.5. The van der Waals surface area contributed by atoms with E-state index in [1.807, 2.05) is 17.9 Å². The fourth-order valence-corrected chi connectivity index (χ4v) is 2.49. The Morgan fingerprint density at radius 1 is 1.53 bits per heavy atom. The zero-order valence-corrected chi connectivity index (χ0v) is 10.6. The predicted molar refractivity (Wildman–Crippen MR) is 66.1 cm³/mol. The third kappa shape index (κ3) is 2.67. The van der Waals surface area contributed by atoms with Crippen LogP contribution >= 0.6 is 0 Å². The molecule has 92 valence electrons. The molecule has 4 heteroatoms. The molecule has 0 radical (unpaired) electrons. The van der Waals surface area contributed by atoms with Gasteiger partial charge in [0.2, 0.25) is 0 Å². The summed E-state index contributed by atoms with van der Waals surface area (Å²) in [4.78, 5) is 0. The summed E-state index contributed by atoms with van der Waals surface area (Å²) in [6.07, 6.45) is 6.51. The molecule has 17 heavy (non-hydrogen) atoms. The van der Waals surface area contributed by atoms with Crippen molar-refractivity contribution in [1.82, 2.24) is 15.1 Å². The maximum Gasteiger partial charge on any atom is 0.0672 e. The van der Waals surface area contributed by atoms with Gasteiger partial charge < -0.3 is 5.32 Å². The van der Waals surface area contributed by atoms with E-state index in [9.17, 15) is 0 Å². The molecule has 0 saturated heterocycles. The monoisotopic (exact) mass is 232 g/mol. The van der Waals surface area contributed by atoms with E-state index in [0.29, 0.717) is 6.04 Å². The van der Waals surface area contributed by atoms with Crippen LogP contribution in [0.3, 0.4) is 0 Å². The van der Waals surface area contributed by atoms with Crippen LogP contribution in [0.5, 0.6) is 0 Å². The zero-order valence-electron chi connectivity index (χ0n) is 10.6. The second-order valence-corrected chi connectivity index (χ2v) is 4.89. The van der Waals surface area contributed by atoms with E-state index in [1.54, 1.807) is 0 Å². The maximum atomic E-state index is 9.11. The second-order valence-electron chi connectivity index (χ2n) is 4.89. The molecule has 0 spiro atoms. The van der Waals surface area contributed by atoms with E-state index in [-0.39, 0.29) is 5.92 Å². The van der Waals surface area contributed by atoms with E-state index in [0.717, 1.165) is 19.4 Å². The van der Waals surface area contributed by atoms with E-state index < -0.39 is 0 Å². The Kier molecular flexibility index (Phi) is 3.80. The van der Waals surface area contributed by atoms with Crippen LogP contribution in [0.2, 0.25) is 0 Å². The highest BCUT2D eigenvalue weighted by atomic mass is 15.3. The van der Waals surface area contributed by atoms with Gasteiger partial charge in [0.25, 0.3) is 0 Å². The van der Waals surface area contributed by atoms with Crippen molar-refractivity contribution in [2.45, 2.75) is 45.2 Å². The van der Waals surface area contributed by atoms with Gasteiger partial charge in [-0.3, -0.25) is 4.68 Å². The second kappa shape index (κ2) is 5.33. The highest BCUT2D eigenvalue weighted by Crippen LogP contribution is 2.24. The first kappa shape index (κ1) is 12.1. The van der Waals surface area contributed by atoms with Crippen molar-refractivity contribution in [1.29, 1.82) is 5.26 Å². The first-order chi connectivity index (χ1) is 8.22. The van der Waals surface area contributed by atoms with Crippen molar-refractivity contribution >= 4 is 0 Å². The molecule has 2 rings (SSSR count). The summed E-state index contributed by atoms with van der Waals surface area (Å²) in [5.41, 5.74) is 2.43. The number of hydrogen-bond acceptors (Lipinski definition) is 3. The van der Waals surface area contributed by atoms with Gasteiger partial charge in [-0.15, -0.1) is 0 Å². The minimum Gasteiger partial charge on any atom is -0.308 e. The molecule has 0 aromatic carbocycles. The Labute approximate surface area is 103 Å². The van der Waals surface area contributed by atoms with Crippen LogP contribution in [0.15, 0.2) is 6.20 Å². The van der Waals surface area contributed by atoms with Crippen molar-refractivity contribution in [3.63, 3.8) is 0 Å². The molecule has 0 bridgehead atoms. The standard InChI is InChI=1S/C13H20N4/c1-10-12(9-16-17(10)2)8-15-13-6-4-3-5-11(13)7-14/h9,11,13,15H,3-6,8H2,1-2H3. The quantitative estimate of drug-likeness (QED) is 0.866. The SMILES string of the molecule is Cc1c(CNC2CCCCC2C#N)cnn1C. The molecule has 1 saturated carbocycles. The van der Waals surface area contributed by atoms with E-state index in [4.69, 9.17) is 5.26 Å². The number of rotatable bonds is 3. The minimum atomic E-state index is 0.181. The summed E-state index contributed by atoms with van der Waals surface area (Å²) in [6.45, 7) is 2.90. The summed E-state index contributed by atoms with van der Waals surface area (Å²) in [6, 6.07) is 2.78. The molecule has 0 aliphatic heterocycles. The lowest BCUT2D eigenvalue weighted by molar-refractivity contribution is 0.311. The van der Waals surface area contributed by atoms with Crippen LogP contribution in [0.4, 0.5) is 0 Å². The molecule has 1 fully saturated rings. The Morgan fingerprint density at radius 3 is 2.94 bits per heavy atom. The molecular formula is C13H20N4. The molecular weight excluding hydrogens is 212 g/mol. The van der Waals surface area contributed by atoms with Crippen molar-refractivity contribution in [2.75, 3.05) is 0 Å². The van der Waals surface area contributed by atoms with Gasteiger partial charge in [-0.1, -0.05) is 12.8 Å². The van der Waals surface area contributed by atoms with Crippen molar-refractivity contribution in [3.05, 3.63) is 17.5 Å².